The molecule has 0 aliphatic heterocycles. The summed E-state index contributed by atoms with van der Waals surface area (Å²) in [5.41, 5.74) is 3.22. The Morgan fingerprint density at radius 1 is 1.40 bits per heavy atom. The maximum absolute atomic E-state index is 8.97. The van der Waals surface area contributed by atoms with E-state index < -0.39 is 0 Å². The largest absolute Gasteiger partial charge is 0.396 e. The van der Waals surface area contributed by atoms with Crippen LogP contribution in [0.5, 0.6) is 0 Å². The number of nitrogens with one attached hydrogen (secondary N) is 2. The first-order chi connectivity index (χ1) is 9.81. The van der Waals surface area contributed by atoms with E-state index in [4.69, 9.17) is 5.11 Å². The van der Waals surface area contributed by atoms with Gasteiger partial charge in [0.1, 0.15) is 0 Å². The minimum Gasteiger partial charge on any atom is -0.396 e. The van der Waals surface area contributed by atoms with Gasteiger partial charge in [0.15, 0.2) is 0 Å². The number of pyridine rings is 1. The smallest absolute Gasteiger partial charge is 0.0710 e. The molecule has 0 saturated heterocycles. The summed E-state index contributed by atoms with van der Waals surface area (Å²) >= 11 is 0. The van der Waals surface area contributed by atoms with Crippen LogP contribution in [0.2, 0.25) is 0 Å². The highest BCUT2D eigenvalue weighted by atomic mass is 16.3. The van der Waals surface area contributed by atoms with Crippen LogP contribution in [0.25, 0.3) is 11.3 Å². The molecule has 0 amide bonds. The van der Waals surface area contributed by atoms with Crippen molar-refractivity contribution in [1.82, 2.24) is 20.5 Å². The molecule has 5 heteroatoms. The van der Waals surface area contributed by atoms with Crippen molar-refractivity contribution in [3.05, 3.63) is 36.3 Å². The molecule has 0 spiro atoms. The lowest BCUT2D eigenvalue weighted by atomic mass is 10.1. The summed E-state index contributed by atoms with van der Waals surface area (Å²) in [6, 6.07) is 3.94. The van der Waals surface area contributed by atoms with E-state index in [0.717, 1.165) is 42.8 Å². The summed E-state index contributed by atoms with van der Waals surface area (Å²) < 4.78 is 0. The van der Waals surface area contributed by atoms with Crippen LogP contribution in [0.1, 0.15) is 25.3 Å². The number of rotatable bonds is 8. The topological polar surface area (TPSA) is 73.8 Å². The zero-order valence-electron chi connectivity index (χ0n) is 11.8. The van der Waals surface area contributed by atoms with Gasteiger partial charge in [0.25, 0.3) is 0 Å². The lowest BCUT2D eigenvalue weighted by Gasteiger charge is -2.08. The molecule has 0 fully saturated rings. The average Bonchev–Trinajstić information content (AvgIpc) is 2.96. The van der Waals surface area contributed by atoms with Gasteiger partial charge in [-0.2, -0.15) is 5.10 Å². The molecule has 0 aliphatic rings. The quantitative estimate of drug-likeness (QED) is 0.643. The van der Waals surface area contributed by atoms with Gasteiger partial charge in [0.2, 0.25) is 0 Å². The summed E-state index contributed by atoms with van der Waals surface area (Å²) in [5, 5.41) is 19.5. The van der Waals surface area contributed by atoms with Crippen molar-refractivity contribution in [3.63, 3.8) is 0 Å². The highest BCUT2D eigenvalue weighted by Crippen LogP contribution is 2.19. The van der Waals surface area contributed by atoms with Crippen molar-refractivity contribution in [2.45, 2.75) is 26.3 Å². The van der Waals surface area contributed by atoms with Gasteiger partial charge < -0.3 is 10.4 Å². The Morgan fingerprint density at radius 2 is 2.30 bits per heavy atom. The summed E-state index contributed by atoms with van der Waals surface area (Å²) in [6.45, 7) is 4.07. The number of aliphatic hydroxyl groups excluding tert-OH is 1. The number of nitrogens with zero attached hydrogens (tertiary/aromatic N) is 2. The fraction of sp³-hybridized carbons (Fsp3) is 0.467. The third-order valence-electron chi connectivity index (χ3n) is 3.35. The van der Waals surface area contributed by atoms with E-state index in [1.54, 1.807) is 6.20 Å². The summed E-state index contributed by atoms with van der Waals surface area (Å²) in [5.74, 6) is 0.386. The number of aromatic nitrogens is 3. The molecule has 2 aromatic rings. The molecule has 3 N–H and O–H groups in total. The summed E-state index contributed by atoms with van der Waals surface area (Å²) in [6.07, 6.45) is 7.57. The monoisotopic (exact) mass is 274 g/mol. The molecule has 1 unspecified atom stereocenters. The minimum atomic E-state index is 0.271. The van der Waals surface area contributed by atoms with Crippen molar-refractivity contribution in [3.8, 4) is 11.3 Å². The van der Waals surface area contributed by atoms with Gasteiger partial charge in [0, 0.05) is 36.7 Å². The first kappa shape index (κ1) is 14.7. The number of H-pyrrole nitrogens is 1. The molecule has 0 bridgehead atoms. The second-order valence-electron chi connectivity index (χ2n) is 5.12. The standard InChI is InChI=1S/C15H22N4O/c1-12(11-20)4-2-6-17-9-14-10-18-19-15(14)13-5-3-7-16-8-13/h3,5,7-8,10,12,17,20H,2,4,6,9,11H2,1H3,(H,18,19). The highest BCUT2D eigenvalue weighted by Gasteiger charge is 2.07. The molecule has 0 aromatic carbocycles. The number of aromatic amines is 1. The lowest BCUT2D eigenvalue weighted by molar-refractivity contribution is 0.228. The van der Waals surface area contributed by atoms with Gasteiger partial charge in [-0.25, -0.2) is 0 Å². The van der Waals surface area contributed by atoms with Crippen molar-refractivity contribution in [2.75, 3.05) is 13.2 Å². The first-order valence-corrected chi connectivity index (χ1v) is 7.05. The fourth-order valence-electron chi connectivity index (χ4n) is 2.10. The molecule has 2 aromatic heterocycles. The van der Waals surface area contributed by atoms with E-state index in [-0.39, 0.29) is 6.61 Å². The van der Waals surface area contributed by atoms with Crippen LogP contribution in [0.4, 0.5) is 0 Å². The van der Waals surface area contributed by atoms with Crippen molar-refractivity contribution < 1.29 is 5.11 Å². The molecule has 0 radical (unpaired) electrons. The summed E-state index contributed by atoms with van der Waals surface area (Å²) in [4.78, 5) is 4.13. The maximum atomic E-state index is 8.97. The van der Waals surface area contributed by atoms with Crippen LogP contribution < -0.4 is 5.32 Å². The Balaban J connectivity index is 1.81. The van der Waals surface area contributed by atoms with Crippen molar-refractivity contribution in [1.29, 1.82) is 0 Å². The number of hydrogen-bond donors (Lipinski definition) is 3. The average molecular weight is 274 g/mol. The molecule has 0 aliphatic carbocycles. The predicted octanol–water partition coefficient (Wildman–Crippen LogP) is 1.97. The van der Waals surface area contributed by atoms with Crippen LogP contribution >= 0.6 is 0 Å². The van der Waals surface area contributed by atoms with Gasteiger partial charge in [-0.05, 0) is 37.4 Å². The molecule has 108 valence electrons. The SMILES string of the molecule is CC(CO)CCCNCc1cn[nH]c1-c1cccnc1. The van der Waals surface area contributed by atoms with Crippen molar-refractivity contribution >= 4 is 0 Å². The molecular formula is C15H22N4O. The molecule has 20 heavy (non-hydrogen) atoms. The van der Waals surface area contributed by atoms with Gasteiger partial charge >= 0.3 is 0 Å². The molecule has 0 saturated carbocycles. The second kappa shape index (κ2) is 7.77. The van der Waals surface area contributed by atoms with E-state index in [1.165, 1.54) is 0 Å². The van der Waals surface area contributed by atoms with Gasteiger partial charge in [-0.15, -0.1) is 0 Å². The molecular weight excluding hydrogens is 252 g/mol. The normalized spacial score (nSPS) is 12.5. The van der Waals surface area contributed by atoms with E-state index in [9.17, 15) is 0 Å². The lowest BCUT2D eigenvalue weighted by Crippen LogP contribution is -2.16. The number of aliphatic hydroxyl groups is 1. The second-order valence-corrected chi connectivity index (χ2v) is 5.12. The third kappa shape index (κ3) is 4.15. The Kier molecular flexibility index (Phi) is 5.70. The van der Waals surface area contributed by atoms with Gasteiger partial charge in [0.05, 0.1) is 11.9 Å². The van der Waals surface area contributed by atoms with Crippen LogP contribution in [0.15, 0.2) is 30.7 Å². The Hall–Kier alpha value is -1.72. The Bertz CT molecular complexity index is 498. The molecule has 2 rings (SSSR count). The van der Waals surface area contributed by atoms with Crippen molar-refractivity contribution in [2.24, 2.45) is 5.92 Å². The molecule has 1 atom stereocenters. The van der Waals surface area contributed by atoms with Crippen LogP contribution in [-0.4, -0.2) is 33.4 Å². The molecule has 5 nitrogen and oxygen atoms in total. The van der Waals surface area contributed by atoms with Crippen LogP contribution in [0, 0.1) is 5.92 Å². The third-order valence-corrected chi connectivity index (χ3v) is 3.35. The highest BCUT2D eigenvalue weighted by molar-refractivity contribution is 5.61. The zero-order chi connectivity index (χ0) is 14.2. The van der Waals surface area contributed by atoms with E-state index >= 15 is 0 Å². The van der Waals surface area contributed by atoms with E-state index in [0.29, 0.717) is 5.92 Å². The predicted molar refractivity (Wildman–Crippen MR) is 79.0 cm³/mol. The zero-order valence-corrected chi connectivity index (χ0v) is 11.8. The van der Waals surface area contributed by atoms with E-state index in [2.05, 4.69) is 27.4 Å². The van der Waals surface area contributed by atoms with Gasteiger partial charge in [-0.3, -0.25) is 10.1 Å². The summed E-state index contributed by atoms with van der Waals surface area (Å²) in [7, 11) is 0. The van der Waals surface area contributed by atoms with Crippen LogP contribution in [0.3, 0.4) is 0 Å². The fourth-order valence-corrected chi connectivity index (χ4v) is 2.10. The number of hydrogen-bond acceptors (Lipinski definition) is 4. The van der Waals surface area contributed by atoms with E-state index in [1.807, 2.05) is 24.5 Å². The maximum Gasteiger partial charge on any atom is 0.0710 e. The molecule has 2 heterocycles. The minimum absolute atomic E-state index is 0.271. The Labute approximate surface area is 119 Å². The Morgan fingerprint density at radius 3 is 3.05 bits per heavy atom. The first-order valence-electron chi connectivity index (χ1n) is 7.05. The van der Waals surface area contributed by atoms with Gasteiger partial charge in [-0.1, -0.05) is 6.92 Å². The van der Waals surface area contributed by atoms with Crippen LogP contribution in [-0.2, 0) is 6.54 Å².